The van der Waals surface area contributed by atoms with Crippen LogP contribution in [-0.2, 0) is 14.3 Å². The minimum absolute atomic E-state index is 0.0771. The first-order chi connectivity index (χ1) is 6.72. The number of carbonyl (C=O) groups excluding carboxylic acids is 1. The molecule has 1 fully saturated rings. The van der Waals surface area contributed by atoms with Crippen molar-refractivity contribution in [1.82, 2.24) is 5.32 Å². The van der Waals surface area contributed by atoms with E-state index in [4.69, 9.17) is 15.2 Å². The summed E-state index contributed by atoms with van der Waals surface area (Å²) >= 11 is 0. The molecule has 1 aliphatic rings. The van der Waals surface area contributed by atoms with E-state index in [9.17, 15) is 4.79 Å². The number of nitrogens with two attached hydrogens (primary N) is 1. The van der Waals surface area contributed by atoms with Gasteiger partial charge in [0.2, 0.25) is 5.91 Å². The number of hydrogen-bond acceptors (Lipinski definition) is 4. The molecule has 3 N–H and O–H groups in total. The lowest BCUT2D eigenvalue weighted by atomic mass is 9.94. The normalized spacial score (nSPS) is 20.4. The summed E-state index contributed by atoms with van der Waals surface area (Å²) in [5.41, 5.74) is 5.30. The molecule has 5 heteroatoms. The van der Waals surface area contributed by atoms with E-state index >= 15 is 0 Å². The van der Waals surface area contributed by atoms with Crippen LogP contribution in [-0.4, -0.2) is 44.9 Å². The van der Waals surface area contributed by atoms with Crippen molar-refractivity contribution in [2.24, 2.45) is 5.73 Å². The first-order valence-electron chi connectivity index (χ1n) is 4.85. The highest BCUT2D eigenvalue weighted by Crippen LogP contribution is 2.23. The van der Waals surface area contributed by atoms with Gasteiger partial charge in [-0.15, -0.1) is 0 Å². The van der Waals surface area contributed by atoms with Gasteiger partial charge >= 0.3 is 0 Å². The van der Waals surface area contributed by atoms with Gasteiger partial charge in [0.05, 0.1) is 5.60 Å². The van der Waals surface area contributed by atoms with Gasteiger partial charge in [0.15, 0.2) is 0 Å². The van der Waals surface area contributed by atoms with E-state index in [0.29, 0.717) is 19.8 Å². The van der Waals surface area contributed by atoms with Crippen LogP contribution >= 0.6 is 0 Å². The van der Waals surface area contributed by atoms with Crippen LogP contribution in [0.2, 0.25) is 0 Å². The number of rotatable bonds is 4. The van der Waals surface area contributed by atoms with Crippen LogP contribution in [0.4, 0.5) is 0 Å². The molecule has 1 rings (SSSR count). The fourth-order valence-electron chi connectivity index (χ4n) is 1.44. The standard InChI is InChI=1S/C9H18N2O3/c1-11-8(12)6-14-9(7-10)2-4-13-5-3-9/h2-7,10H2,1H3,(H,11,12). The van der Waals surface area contributed by atoms with Gasteiger partial charge in [-0.1, -0.05) is 0 Å². The summed E-state index contributed by atoms with van der Waals surface area (Å²) in [6.45, 7) is 1.83. The molecule has 1 saturated heterocycles. The number of carbonyl (C=O) groups is 1. The Morgan fingerprint density at radius 1 is 1.57 bits per heavy atom. The number of ether oxygens (including phenoxy) is 2. The van der Waals surface area contributed by atoms with E-state index in [0.717, 1.165) is 12.8 Å². The zero-order valence-corrected chi connectivity index (χ0v) is 8.54. The van der Waals surface area contributed by atoms with Gasteiger partial charge in [-0.3, -0.25) is 4.79 Å². The van der Waals surface area contributed by atoms with Gasteiger partial charge in [-0.25, -0.2) is 0 Å². The largest absolute Gasteiger partial charge is 0.381 e. The van der Waals surface area contributed by atoms with Crippen molar-refractivity contribution >= 4 is 5.91 Å². The SMILES string of the molecule is CNC(=O)COC1(CN)CCOCC1. The van der Waals surface area contributed by atoms with Crippen molar-refractivity contribution in [3.8, 4) is 0 Å². The monoisotopic (exact) mass is 202 g/mol. The molecule has 0 bridgehead atoms. The summed E-state index contributed by atoms with van der Waals surface area (Å²) in [4.78, 5) is 11.0. The first kappa shape index (κ1) is 11.4. The summed E-state index contributed by atoms with van der Waals surface area (Å²) in [6, 6.07) is 0. The number of hydrogen-bond donors (Lipinski definition) is 2. The van der Waals surface area contributed by atoms with Gasteiger partial charge in [-0.05, 0) is 0 Å². The Bertz CT molecular complexity index is 190. The first-order valence-corrected chi connectivity index (χ1v) is 4.85. The molecule has 1 amide bonds. The van der Waals surface area contributed by atoms with Crippen LogP contribution in [0.3, 0.4) is 0 Å². The van der Waals surface area contributed by atoms with E-state index in [2.05, 4.69) is 5.32 Å². The van der Waals surface area contributed by atoms with Gasteiger partial charge in [0.1, 0.15) is 6.61 Å². The molecule has 0 aliphatic carbocycles. The summed E-state index contributed by atoms with van der Waals surface area (Å²) in [5, 5.41) is 2.51. The van der Waals surface area contributed by atoms with Crippen molar-refractivity contribution in [3.05, 3.63) is 0 Å². The Morgan fingerprint density at radius 3 is 2.71 bits per heavy atom. The summed E-state index contributed by atoms with van der Waals surface area (Å²) < 4.78 is 10.8. The maximum atomic E-state index is 11.0. The smallest absolute Gasteiger partial charge is 0.245 e. The molecule has 5 nitrogen and oxygen atoms in total. The van der Waals surface area contributed by atoms with Crippen molar-refractivity contribution < 1.29 is 14.3 Å². The second-order valence-electron chi connectivity index (χ2n) is 3.46. The topological polar surface area (TPSA) is 73.6 Å². The third-order valence-electron chi connectivity index (χ3n) is 2.56. The molecular weight excluding hydrogens is 184 g/mol. The van der Waals surface area contributed by atoms with Crippen LogP contribution < -0.4 is 11.1 Å². The molecule has 0 aromatic carbocycles. The Morgan fingerprint density at radius 2 is 2.21 bits per heavy atom. The van der Waals surface area contributed by atoms with Crippen molar-refractivity contribution in [1.29, 1.82) is 0 Å². The van der Waals surface area contributed by atoms with Crippen molar-refractivity contribution in [3.63, 3.8) is 0 Å². The number of amides is 1. The Labute approximate surface area is 83.9 Å². The molecule has 0 atom stereocenters. The highest BCUT2D eigenvalue weighted by atomic mass is 16.5. The molecule has 0 spiro atoms. The average Bonchev–Trinajstić information content (AvgIpc) is 2.27. The number of likely N-dealkylation sites (N-methyl/N-ethyl adjacent to an activating group) is 1. The van der Waals surface area contributed by atoms with Gasteiger partial charge in [0, 0.05) is 39.6 Å². The molecule has 0 aromatic heterocycles. The molecule has 1 heterocycles. The summed E-state index contributed by atoms with van der Waals surface area (Å²) in [5.74, 6) is -0.121. The highest BCUT2D eigenvalue weighted by Gasteiger charge is 2.32. The van der Waals surface area contributed by atoms with E-state index in [1.54, 1.807) is 7.05 Å². The minimum atomic E-state index is -0.356. The predicted octanol–water partition coefficient (Wildman–Crippen LogP) is -0.743. The lowest BCUT2D eigenvalue weighted by Gasteiger charge is -2.35. The van der Waals surface area contributed by atoms with Crippen molar-refractivity contribution in [2.75, 3.05) is 33.4 Å². The Hall–Kier alpha value is -0.650. The summed E-state index contributed by atoms with van der Waals surface area (Å²) in [6.07, 6.45) is 1.53. The van der Waals surface area contributed by atoms with Gasteiger partial charge in [-0.2, -0.15) is 0 Å². The van der Waals surface area contributed by atoms with E-state index in [1.165, 1.54) is 0 Å². The van der Waals surface area contributed by atoms with Crippen LogP contribution in [0, 0.1) is 0 Å². The Kier molecular flexibility index (Phi) is 4.31. The third kappa shape index (κ3) is 2.94. The average molecular weight is 202 g/mol. The lowest BCUT2D eigenvalue weighted by Crippen LogP contribution is -2.47. The maximum Gasteiger partial charge on any atom is 0.245 e. The van der Waals surface area contributed by atoms with E-state index < -0.39 is 0 Å². The highest BCUT2D eigenvalue weighted by molar-refractivity contribution is 5.76. The zero-order valence-electron chi connectivity index (χ0n) is 8.54. The fraction of sp³-hybridized carbons (Fsp3) is 0.889. The van der Waals surface area contributed by atoms with Crippen LogP contribution in [0.5, 0.6) is 0 Å². The molecule has 0 aromatic rings. The molecule has 0 radical (unpaired) electrons. The molecule has 0 unspecified atom stereocenters. The van der Waals surface area contributed by atoms with Gasteiger partial charge < -0.3 is 20.5 Å². The second-order valence-corrected chi connectivity index (χ2v) is 3.46. The van der Waals surface area contributed by atoms with E-state index in [-0.39, 0.29) is 18.1 Å². The molecular formula is C9H18N2O3. The van der Waals surface area contributed by atoms with Crippen LogP contribution in [0.25, 0.3) is 0 Å². The van der Waals surface area contributed by atoms with Crippen LogP contribution in [0.1, 0.15) is 12.8 Å². The second kappa shape index (κ2) is 5.29. The molecule has 82 valence electrons. The fourth-order valence-corrected chi connectivity index (χ4v) is 1.44. The molecule has 14 heavy (non-hydrogen) atoms. The summed E-state index contributed by atoms with van der Waals surface area (Å²) in [7, 11) is 1.59. The van der Waals surface area contributed by atoms with Gasteiger partial charge in [0.25, 0.3) is 0 Å². The predicted molar refractivity (Wildman–Crippen MR) is 51.9 cm³/mol. The van der Waals surface area contributed by atoms with Crippen molar-refractivity contribution in [2.45, 2.75) is 18.4 Å². The quantitative estimate of drug-likeness (QED) is 0.629. The third-order valence-corrected chi connectivity index (χ3v) is 2.56. The Balaban J connectivity index is 2.39. The zero-order chi connectivity index (χ0) is 10.4. The lowest BCUT2D eigenvalue weighted by molar-refractivity contribution is -0.141. The molecule has 1 aliphatic heterocycles. The number of nitrogens with one attached hydrogen (secondary N) is 1. The van der Waals surface area contributed by atoms with Crippen LogP contribution in [0.15, 0.2) is 0 Å². The molecule has 0 saturated carbocycles. The minimum Gasteiger partial charge on any atom is -0.381 e. The van der Waals surface area contributed by atoms with E-state index in [1.807, 2.05) is 0 Å². The maximum absolute atomic E-state index is 11.0.